The number of nitrogens with zero attached hydrogens (tertiary/aromatic N) is 1. The molecule has 1 amide bonds. The Kier molecular flexibility index (Phi) is 7.01. The fourth-order valence-corrected chi connectivity index (χ4v) is 4.16. The van der Waals surface area contributed by atoms with E-state index in [1.165, 1.54) is 51.4 Å². The van der Waals surface area contributed by atoms with Crippen molar-refractivity contribution in [3.05, 3.63) is 0 Å². The molecule has 1 aliphatic heterocycles. The van der Waals surface area contributed by atoms with Crippen molar-refractivity contribution in [3.63, 3.8) is 0 Å². The van der Waals surface area contributed by atoms with Gasteiger partial charge in [-0.15, -0.1) is 0 Å². The Morgan fingerprint density at radius 3 is 2.57 bits per heavy atom. The number of nitrogens with one attached hydrogen (secondary N) is 1. The molecule has 3 nitrogen and oxygen atoms in total. The number of piperidine rings is 1. The second-order valence-electron chi connectivity index (χ2n) is 7.10. The van der Waals surface area contributed by atoms with Crippen molar-refractivity contribution in [2.45, 2.75) is 77.2 Å². The van der Waals surface area contributed by atoms with E-state index in [9.17, 15) is 4.79 Å². The molecule has 1 heterocycles. The molecule has 1 saturated heterocycles. The first kappa shape index (κ1) is 16.8. The van der Waals surface area contributed by atoms with Gasteiger partial charge in [0.1, 0.15) is 0 Å². The maximum Gasteiger partial charge on any atom is 0.225 e. The number of hydrogen-bond donors (Lipinski definition) is 1. The van der Waals surface area contributed by atoms with E-state index in [-0.39, 0.29) is 0 Å². The topological polar surface area (TPSA) is 32.3 Å². The van der Waals surface area contributed by atoms with Crippen LogP contribution in [0.4, 0.5) is 0 Å². The molecular weight excluding hydrogens is 260 g/mol. The number of unbranched alkanes of at least 4 members (excludes halogenated alkanes) is 1. The van der Waals surface area contributed by atoms with Gasteiger partial charge in [-0.3, -0.25) is 4.79 Å². The van der Waals surface area contributed by atoms with E-state index in [4.69, 9.17) is 0 Å². The molecular formula is C18H34N2O. The molecule has 3 heteroatoms. The van der Waals surface area contributed by atoms with Gasteiger partial charge in [-0.2, -0.15) is 0 Å². The maximum absolute atomic E-state index is 12.9. The van der Waals surface area contributed by atoms with Crippen LogP contribution in [0.25, 0.3) is 0 Å². The summed E-state index contributed by atoms with van der Waals surface area (Å²) < 4.78 is 0. The molecule has 0 bridgehead atoms. The fourth-order valence-electron chi connectivity index (χ4n) is 4.16. The summed E-state index contributed by atoms with van der Waals surface area (Å²) in [5, 5.41) is 3.26. The third-order valence-corrected chi connectivity index (χ3v) is 5.51. The Morgan fingerprint density at radius 2 is 1.90 bits per heavy atom. The van der Waals surface area contributed by atoms with Crippen LogP contribution < -0.4 is 5.32 Å². The highest BCUT2D eigenvalue weighted by atomic mass is 16.2. The second-order valence-corrected chi connectivity index (χ2v) is 7.10. The molecule has 21 heavy (non-hydrogen) atoms. The zero-order chi connectivity index (χ0) is 15.1. The normalized spacial score (nSPS) is 30.4. The van der Waals surface area contributed by atoms with E-state index < -0.39 is 0 Å². The van der Waals surface area contributed by atoms with Crippen LogP contribution in [0.1, 0.15) is 71.1 Å². The van der Waals surface area contributed by atoms with Gasteiger partial charge in [-0.05, 0) is 57.9 Å². The first-order valence-electron chi connectivity index (χ1n) is 9.21. The Morgan fingerprint density at radius 1 is 1.14 bits per heavy atom. The van der Waals surface area contributed by atoms with E-state index in [1.807, 2.05) is 7.05 Å². The minimum atomic E-state index is 0.320. The number of hydrogen-bond acceptors (Lipinski definition) is 2. The molecule has 2 rings (SSSR count). The molecule has 1 saturated carbocycles. The molecule has 1 N–H and O–H groups in total. The highest BCUT2D eigenvalue weighted by molar-refractivity contribution is 5.79. The van der Waals surface area contributed by atoms with Crippen LogP contribution in [0.15, 0.2) is 0 Å². The van der Waals surface area contributed by atoms with Crippen LogP contribution in [-0.2, 0) is 4.79 Å². The summed E-state index contributed by atoms with van der Waals surface area (Å²) in [5.41, 5.74) is 0. The average molecular weight is 294 g/mol. The monoisotopic (exact) mass is 294 g/mol. The molecule has 1 aliphatic carbocycles. The van der Waals surface area contributed by atoms with Crippen molar-refractivity contribution in [2.24, 2.45) is 11.8 Å². The van der Waals surface area contributed by atoms with Crippen LogP contribution in [-0.4, -0.2) is 37.0 Å². The second kappa shape index (κ2) is 8.77. The quantitative estimate of drug-likeness (QED) is 0.812. The van der Waals surface area contributed by atoms with Gasteiger partial charge >= 0.3 is 0 Å². The van der Waals surface area contributed by atoms with Gasteiger partial charge in [-0.1, -0.05) is 26.2 Å². The first-order chi connectivity index (χ1) is 10.3. The summed E-state index contributed by atoms with van der Waals surface area (Å²) >= 11 is 0. The number of likely N-dealkylation sites (N-methyl/N-ethyl adjacent to an activating group) is 1. The smallest absolute Gasteiger partial charge is 0.225 e. The molecule has 2 fully saturated rings. The van der Waals surface area contributed by atoms with Crippen LogP contribution in [0.3, 0.4) is 0 Å². The SMILES string of the molecule is CCCCC1CCC(C(=O)N2CCCCC2CNC)CC1. The molecule has 2 aliphatic rings. The summed E-state index contributed by atoms with van der Waals surface area (Å²) in [6.45, 7) is 4.21. The summed E-state index contributed by atoms with van der Waals surface area (Å²) in [4.78, 5) is 15.1. The molecule has 0 aromatic heterocycles. The van der Waals surface area contributed by atoms with Crippen LogP contribution in [0.5, 0.6) is 0 Å². The standard InChI is InChI=1S/C18H34N2O/c1-3-4-7-15-9-11-16(12-10-15)18(21)20-13-6-5-8-17(20)14-19-2/h15-17,19H,3-14H2,1-2H3. The molecule has 0 radical (unpaired) electrons. The number of carbonyl (C=O) groups is 1. The number of rotatable bonds is 6. The van der Waals surface area contributed by atoms with Gasteiger partial charge < -0.3 is 10.2 Å². The summed E-state index contributed by atoms with van der Waals surface area (Å²) in [6, 6.07) is 0.439. The molecule has 0 aromatic carbocycles. The third-order valence-electron chi connectivity index (χ3n) is 5.51. The molecule has 122 valence electrons. The summed E-state index contributed by atoms with van der Waals surface area (Å²) in [6.07, 6.45) is 12.5. The Hall–Kier alpha value is -0.570. The Bertz CT molecular complexity index is 308. The molecule has 1 unspecified atom stereocenters. The van der Waals surface area contributed by atoms with Gasteiger partial charge in [0, 0.05) is 25.0 Å². The van der Waals surface area contributed by atoms with Crippen molar-refractivity contribution in [1.82, 2.24) is 10.2 Å². The van der Waals surface area contributed by atoms with Crippen molar-refractivity contribution in [1.29, 1.82) is 0 Å². The highest BCUT2D eigenvalue weighted by Crippen LogP contribution is 2.34. The predicted octanol–water partition coefficient (Wildman–Crippen LogP) is 3.58. The van der Waals surface area contributed by atoms with Gasteiger partial charge in [0.25, 0.3) is 0 Å². The van der Waals surface area contributed by atoms with E-state index in [1.54, 1.807) is 0 Å². The zero-order valence-electron chi connectivity index (χ0n) is 14.1. The lowest BCUT2D eigenvalue weighted by Crippen LogP contribution is -2.50. The zero-order valence-corrected chi connectivity index (χ0v) is 14.1. The van der Waals surface area contributed by atoms with Crippen molar-refractivity contribution < 1.29 is 4.79 Å². The number of likely N-dealkylation sites (tertiary alicyclic amines) is 1. The van der Waals surface area contributed by atoms with E-state index >= 15 is 0 Å². The minimum Gasteiger partial charge on any atom is -0.338 e. The van der Waals surface area contributed by atoms with Crippen LogP contribution in [0.2, 0.25) is 0 Å². The summed E-state index contributed by atoms with van der Waals surface area (Å²) in [7, 11) is 2.00. The minimum absolute atomic E-state index is 0.320. The van der Waals surface area contributed by atoms with Gasteiger partial charge in [-0.25, -0.2) is 0 Å². The average Bonchev–Trinajstić information content (AvgIpc) is 2.53. The van der Waals surface area contributed by atoms with Gasteiger partial charge in [0.05, 0.1) is 0 Å². The third kappa shape index (κ3) is 4.70. The van der Waals surface area contributed by atoms with E-state index in [2.05, 4.69) is 17.1 Å². The number of carbonyl (C=O) groups excluding carboxylic acids is 1. The van der Waals surface area contributed by atoms with Crippen LogP contribution >= 0.6 is 0 Å². The van der Waals surface area contributed by atoms with Gasteiger partial charge in [0.15, 0.2) is 0 Å². The van der Waals surface area contributed by atoms with Crippen molar-refractivity contribution >= 4 is 5.91 Å². The Labute approximate surface area is 130 Å². The van der Waals surface area contributed by atoms with E-state index in [0.717, 1.165) is 31.8 Å². The first-order valence-corrected chi connectivity index (χ1v) is 9.21. The maximum atomic E-state index is 12.9. The lowest BCUT2D eigenvalue weighted by atomic mass is 9.79. The van der Waals surface area contributed by atoms with Gasteiger partial charge in [0.2, 0.25) is 5.91 Å². The molecule has 0 aromatic rings. The molecule has 0 spiro atoms. The van der Waals surface area contributed by atoms with Crippen molar-refractivity contribution in [2.75, 3.05) is 20.1 Å². The summed E-state index contributed by atoms with van der Waals surface area (Å²) in [5.74, 6) is 1.67. The predicted molar refractivity (Wildman–Crippen MR) is 88.3 cm³/mol. The molecule has 1 atom stereocenters. The highest BCUT2D eigenvalue weighted by Gasteiger charge is 2.33. The lowest BCUT2D eigenvalue weighted by molar-refractivity contribution is -0.140. The lowest BCUT2D eigenvalue weighted by Gasteiger charge is -2.39. The van der Waals surface area contributed by atoms with E-state index in [0.29, 0.717) is 17.9 Å². The fraction of sp³-hybridized carbons (Fsp3) is 0.944. The largest absolute Gasteiger partial charge is 0.338 e. The van der Waals surface area contributed by atoms with Crippen LogP contribution in [0, 0.1) is 11.8 Å². The number of amides is 1. The van der Waals surface area contributed by atoms with Crippen molar-refractivity contribution in [3.8, 4) is 0 Å². The Balaban J connectivity index is 1.82.